The minimum Gasteiger partial charge on any atom is -0.192 e. The van der Waals surface area contributed by atoms with Crippen molar-refractivity contribution in [3.8, 4) is 46.4 Å². The molecule has 0 N–H and O–H groups in total. The molecule has 7 aromatic rings. The largest absolute Gasteiger partial charge is 0.238 e. The molecule has 7 rings (SSSR count). The number of benzene rings is 4. The molecule has 0 spiro atoms. The lowest BCUT2D eigenvalue weighted by Gasteiger charge is -2.04. The summed E-state index contributed by atoms with van der Waals surface area (Å²) in [5.74, 6) is 0. The minimum absolute atomic E-state index is 0.689. The quantitative estimate of drug-likeness (QED) is 0.183. The minimum atomic E-state index is 0.689. The van der Waals surface area contributed by atoms with Crippen molar-refractivity contribution < 1.29 is 14.0 Å². The zero-order chi connectivity index (χ0) is 39.1. The lowest BCUT2D eigenvalue weighted by Crippen LogP contribution is -2.39. The van der Waals surface area contributed by atoms with Gasteiger partial charge >= 0.3 is 0 Å². The normalized spacial score (nSPS) is 10.3. The summed E-state index contributed by atoms with van der Waals surface area (Å²) in [6.45, 7) is 12.3. The molecule has 0 atom stereocenters. The van der Waals surface area contributed by atoms with E-state index < -0.39 is 0 Å². The van der Waals surface area contributed by atoms with E-state index in [1.54, 1.807) is 0 Å². The molecule has 4 aromatic carbocycles. The first-order valence-electron chi connectivity index (χ1n) is 17.6. The van der Waals surface area contributed by atoms with Crippen molar-refractivity contribution in [2.75, 3.05) is 0 Å². The van der Waals surface area contributed by atoms with Gasteiger partial charge in [0.2, 0.25) is 18.1 Å². The predicted octanol–water partition coefficient (Wildman–Crippen LogP) is 7.04. The van der Waals surface area contributed by atoms with Crippen molar-refractivity contribution in [1.29, 1.82) is 15.8 Å². The van der Waals surface area contributed by atoms with Gasteiger partial charge in [0.25, 0.3) is 0 Å². The summed E-state index contributed by atoms with van der Waals surface area (Å²) >= 11 is 0. The Morgan fingerprint density at radius 1 is 0.519 bits per heavy atom. The van der Waals surface area contributed by atoms with E-state index in [9.17, 15) is 0 Å². The van der Waals surface area contributed by atoms with E-state index in [-0.39, 0.29) is 0 Å². The smallest absolute Gasteiger partial charge is 0.192 e. The predicted molar refractivity (Wildman–Crippen MR) is 209 cm³/mol. The molecule has 9 heteroatoms. The summed E-state index contributed by atoms with van der Waals surface area (Å²) in [5, 5.41) is 26.7. The summed E-state index contributed by atoms with van der Waals surface area (Å²) in [4.78, 5) is 0. The van der Waals surface area contributed by atoms with Gasteiger partial charge in [0.05, 0.1) is 65.6 Å². The first-order valence-corrected chi connectivity index (χ1v) is 17.6. The number of nitrogens with zero attached hydrogens (tertiary/aromatic N) is 9. The number of hydrogen-bond donors (Lipinski definition) is 0. The van der Waals surface area contributed by atoms with Gasteiger partial charge in [0.15, 0.2) is 20.3 Å². The van der Waals surface area contributed by atoms with Crippen LogP contribution in [0, 0.1) is 75.5 Å². The summed E-state index contributed by atoms with van der Waals surface area (Å²) < 4.78 is 12.5. The van der Waals surface area contributed by atoms with Crippen molar-refractivity contribution in [1.82, 2.24) is 14.0 Å². The maximum absolute atomic E-state index is 8.97. The Labute approximate surface area is 318 Å². The highest BCUT2D eigenvalue weighted by atomic mass is 15.4. The third kappa shape index (κ3) is 8.37. The number of nitriles is 3. The SMILES string of the molecule is Cc1cc(C#N)ccc1-[n+]1cc(C)c(C)n1C.Cc1cc(C#N)ccc1-n1cc(-c2ccccc2)c[n+]1C.Cc1cn(-c2ccc(C#N)cc2C)[n+](C)c1. The number of aryl methyl sites for hydroxylation is 7. The Morgan fingerprint density at radius 2 is 1.02 bits per heavy atom. The molecule has 9 nitrogen and oxygen atoms in total. The van der Waals surface area contributed by atoms with Gasteiger partial charge in [-0.1, -0.05) is 35.0 Å². The first kappa shape index (κ1) is 38.2. The van der Waals surface area contributed by atoms with E-state index in [0.29, 0.717) is 16.7 Å². The Morgan fingerprint density at radius 3 is 1.46 bits per heavy atom. The zero-order valence-corrected chi connectivity index (χ0v) is 32.5. The van der Waals surface area contributed by atoms with E-state index in [2.05, 4.69) is 106 Å². The first-order chi connectivity index (χ1) is 25.8. The van der Waals surface area contributed by atoms with E-state index in [1.807, 2.05) is 119 Å². The van der Waals surface area contributed by atoms with Crippen molar-refractivity contribution in [2.24, 2.45) is 21.1 Å². The average molecular weight is 713 g/mol. The molecule has 0 bridgehead atoms. The second kappa shape index (κ2) is 16.5. The molecule has 0 aliphatic heterocycles. The molecule has 0 radical (unpaired) electrons. The Bertz CT molecular complexity index is 2580. The molecular weight excluding hydrogens is 667 g/mol. The van der Waals surface area contributed by atoms with Crippen molar-refractivity contribution in [3.63, 3.8) is 0 Å². The molecule has 268 valence electrons. The summed E-state index contributed by atoms with van der Waals surface area (Å²) in [6, 6.07) is 34.0. The summed E-state index contributed by atoms with van der Waals surface area (Å²) in [6.07, 6.45) is 10.5. The Balaban J connectivity index is 0.000000158. The molecular formula is C45H46N9+3. The van der Waals surface area contributed by atoms with Crippen molar-refractivity contribution in [3.05, 3.63) is 166 Å². The van der Waals surface area contributed by atoms with E-state index in [1.165, 1.54) is 27.9 Å². The van der Waals surface area contributed by atoms with Gasteiger partial charge in [0.1, 0.15) is 11.4 Å². The second-order valence-electron chi connectivity index (χ2n) is 13.5. The van der Waals surface area contributed by atoms with Crippen LogP contribution < -0.4 is 14.0 Å². The standard InChI is InChI=1S/C18H16N3.C14H16N3.C13H14N3/c1-14-10-15(11-19)8-9-18(14)21-13-17(12-20(21)2)16-6-4-3-5-7-16;1-10-7-13(8-15)5-6-14(10)17-9-11(2)12(3)16(17)4;1-10-8-15(3)16(9-10)13-5-4-12(7-14)6-11(13)2/h3-10,12-13H,1-2H3;5-7,9H,1-4H3;4-6,8-9H,1-3H3/q3*+1. The van der Waals surface area contributed by atoms with Crippen LogP contribution in [0.25, 0.3) is 28.2 Å². The van der Waals surface area contributed by atoms with Crippen LogP contribution in [0.15, 0.2) is 116 Å². The molecule has 3 aromatic heterocycles. The molecule has 0 amide bonds. The van der Waals surface area contributed by atoms with Gasteiger partial charge < -0.3 is 0 Å². The molecule has 0 unspecified atom stereocenters. The van der Waals surface area contributed by atoms with Gasteiger partial charge in [-0.25, -0.2) is 0 Å². The van der Waals surface area contributed by atoms with Crippen LogP contribution in [0.1, 0.15) is 50.2 Å². The fourth-order valence-electron chi connectivity index (χ4n) is 6.41. The second-order valence-corrected chi connectivity index (χ2v) is 13.5. The zero-order valence-electron chi connectivity index (χ0n) is 32.5. The number of rotatable bonds is 4. The number of hydrogen-bond acceptors (Lipinski definition) is 3. The van der Waals surface area contributed by atoms with Crippen molar-refractivity contribution >= 4 is 0 Å². The van der Waals surface area contributed by atoms with Crippen LogP contribution in [0.5, 0.6) is 0 Å². The fraction of sp³-hybridized carbons (Fsp3) is 0.200. The number of aromatic nitrogens is 6. The van der Waals surface area contributed by atoms with Crippen molar-refractivity contribution in [2.45, 2.75) is 41.5 Å². The lowest BCUT2D eigenvalue weighted by molar-refractivity contribution is -0.744. The maximum Gasteiger partial charge on any atom is 0.238 e. The monoisotopic (exact) mass is 712 g/mol. The molecule has 0 saturated carbocycles. The lowest BCUT2D eigenvalue weighted by atomic mass is 10.1. The highest BCUT2D eigenvalue weighted by Gasteiger charge is 2.18. The van der Waals surface area contributed by atoms with Gasteiger partial charge in [-0.05, 0) is 107 Å². The Kier molecular flexibility index (Phi) is 11.7. The molecule has 54 heavy (non-hydrogen) atoms. The highest BCUT2D eigenvalue weighted by Crippen LogP contribution is 2.21. The topological polar surface area (TPSA) is 97.8 Å². The fourth-order valence-corrected chi connectivity index (χ4v) is 6.41. The maximum atomic E-state index is 8.97. The Hall–Kier alpha value is -7.02. The molecule has 3 heterocycles. The van der Waals surface area contributed by atoms with Crippen LogP contribution in [0.3, 0.4) is 0 Å². The van der Waals surface area contributed by atoms with E-state index in [0.717, 1.165) is 33.8 Å². The van der Waals surface area contributed by atoms with Crippen LogP contribution in [-0.2, 0) is 21.1 Å². The van der Waals surface area contributed by atoms with Gasteiger partial charge in [-0.2, -0.15) is 20.5 Å². The van der Waals surface area contributed by atoms with Crippen LogP contribution in [0.4, 0.5) is 0 Å². The highest BCUT2D eigenvalue weighted by molar-refractivity contribution is 5.61. The van der Waals surface area contributed by atoms with Gasteiger partial charge in [0, 0.05) is 22.8 Å². The average Bonchev–Trinajstić information content (AvgIpc) is 3.81. The summed E-state index contributed by atoms with van der Waals surface area (Å²) in [7, 11) is 6.06. The van der Waals surface area contributed by atoms with Gasteiger partial charge in [-0.3, -0.25) is 0 Å². The molecule has 0 aliphatic rings. The van der Waals surface area contributed by atoms with E-state index in [4.69, 9.17) is 15.8 Å². The third-order valence-corrected chi connectivity index (χ3v) is 9.50. The van der Waals surface area contributed by atoms with Crippen LogP contribution in [-0.4, -0.2) is 14.0 Å². The molecule has 0 aliphatic carbocycles. The molecule has 0 fully saturated rings. The molecule has 0 saturated heterocycles. The van der Waals surface area contributed by atoms with Crippen LogP contribution >= 0.6 is 0 Å². The van der Waals surface area contributed by atoms with Crippen LogP contribution in [0.2, 0.25) is 0 Å². The van der Waals surface area contributed by atoms with Gasteiger partial charge in [-0.15, -0.1) is 18.7 Å². The third-order valence-electron chi connectivity index (χ3n) is 9.50. The van der Waals surface area contributed by atoms with E-state index >= 15 is 0 Å². The summed E-state index contributed by atoms with van der Waals surface area (Å²) in [5.41, 5.74) is 14.8.